The number of oxazole rings is 1. The quantitative estimate of drug-likeness (QED) is 0.909. The van der Waals surface area contributed by atoms with Gasteiger partial charge in [0.1, 0.15) is 5.52 Å². The largest absolute Gasteiger partial charge is 0.481 e. The first-order chi connectivity index (χ1) is 8.04. The number of hydrogen-bond acceptors (Lipinski definition) is 3. The molecular formula is C12H12ClNO3. The molecule has 1 atom stereocenters. The third-order valence-corrected chi connectivity index (χ3v) is 2.68. The zero-order chi connectivity index (χ0) is 12.4. The molecule has 1 N–H and O–H groups in total. The molecule has 1 aromatic carbocycles. The standard InChI is InChI=1S/C12H12ClNO3/c1-7(5-12(15)16)4-11-14-9-6-8(13)2-3-10(9)17-11/h2-3,6-7H,4-5H2,1H3,(H,15,16). The molecule has 0 radical (unpaired) electrons. The molecule has 0 saturated heterocycles. The molecule has 0 amide bonds. The molecule has 5 heteroatoms. The molecule has 0 aliphatic carbocycles. The van der Waals surface area contributed by atoms with Crippen LogP contribution < -0.4 is 0 Å². The lowest BCUT2D eigenvalue weighted by Crippen LogP contribution is -2.07. The summed E-state index contributed by atoms with van der Waals surface area (Å²) >= 11 is 5.84. The maximum Gasteiger partial charge on any atom is 0.303 e. The summed E-state index contributed by atoms with van der Waals surface area (Å²) in [5.41, 5.74) is 1.38. The van der Waals surface area contributed by atoms with Crippen LogP contribution in [0.4, 0.5) is 0 Å². The Morgan fingerprint density at radius 1 is 1.59 bits per heavy atom. The minimum Gasteiger partial charge on any atom is -0.481 e. The van der Waals surface area contributed by atoms with Crippen LogP contribution in [0.25, 0.3) is 11.1 Å². The van der Waals surface area contributed by atoms with Crippen molar-refractivity contribution >= 4 is 28.7 Å². The number of carboxylic acids is 1. The van der Waals surface area contributed by atoms with E-state index >= 15 is 0 Å². The van der Waals surface area contributed by atoms with Crippen LogP contribution in [0.5, 0.6) is 0 Å². The van der Waals surface area contributed by atoms with E-state index < -0.39 is 5.97 Å². The van der Waals surface area contributed by atoms with Gasteiger partial charge in [0, 0.05) is 17.9 Å². The predicted octanol–water partition coefficient (Wildman–Crippen LogP) is 3.13. The summed E-state index contributed by atoms with van der Waals surface area (Å²) < 4.78 is 5.51. The fourth-order valence-corrected chi connectivity index (χ4v) is 1.87. The second-order valence-electron chi connectivity index (χ2n) is 4.13. The van der Waals surface area contributed by atoms with Crippen LogP contribution in [0.15, 0.2) is 22.6 Å². The highest BCUT2D eigenvalue weighted by atomic mass is 35.5. The van der Waals surface area contributed by atoms with E-state index in [-0.39, 0.29) is 12.3 Å². The Hall–Kier alpha value is -1.55. The first-order valence-corrected chi connectivity index (χ1v) is 5.69. The van der Waals surface area contributed by atoms with Gasteiger partial charge in [0.2, 0.25) is 0 Å². The van der Waals surface area contributed by atoms with E-state index in [9.17, 15) is 4.79 Å². The smallest absolute Gasteiger partial charge is 0.303 e. The molecule has 4 nitrogen and oxygen atoms in total. The number of carbonyl (C=O) groups is 1. The average Bonchev–Trinajstić information content (AvgIpc) is 2.57. The summed E-state index contributed by atoms with van der Waals surface area (Å²) in [6.45, 7) is 1.86. The lowest BCUT2D eigenvalue weighted by atomic mass is 10.0. The van der Waals surface area contributed by atoms with Crippen LogP contribution in [0.1, 0.15) is 19.2 Å². The summed E-state index contributed by atoms with van der Waals surface area (Å²) in [4.78, 5) is 14.8. The van der Waals surface area contributed by atoms with E-state index in [0.717, 1.165) is 0 Å². The van der Waals surface area contributed by atoms with Crippen molar-refractivity contribution in [1.82, 2.24) is 4.98 Å². The molecule has 17 heavy (non-hydrogen) atoms. The Kier molecular flexibility index (Phi) is 3.33. The Labute approximate surface area is 103 Å². The van der Waals surface area contributed by atoms with Crippen molar-refractivity contribution in [3.63, 3.8) is 0 Å². The minimum absolute atomic E-state index is 0.00367. The van der Waals surface area contributed by atoms with Crippen molar-refractivity contribution in [2.45, 2.75) is 19.8 Å². The number of halogens is 1. The molecule has 1 aromatic heterocycles. The molecule has 0 spiro atoms. The topological polar surface area (TPSA) is 63.3 Å². The zero-order valence-corrected chi connectivity index (χ0v) is 10.1. The number of fused-ring (bicyclic) bond motifs is 1. The number of carboxylic acid groups (broad SMARTS) is 1. The van der Waals surface area contributed by atoms with Crippen LogP contribution in [0, 0.1) is 5.92 Å². The molecule has 0 aliphatic heterocycles. The number of rotatable bonds is 4. The fourth-order valence-electron chi connectivity index (χ4n) is 1.70. The highest BCUT2D eigenvalue weighted by molar-refractivity contribution is 6.31. The van der Waals surface area contributed by atoms with E-state index in [2.05, 4.69) is 4.98 Å². The first kappa shape index (κ1) is 11.9. The van der Waals surface area contributed by atoms with Crippen molar-refractivity contribution in [2.75, 3.05) is 0 Å². The van der Waals surface area contributed by atoms with Crippen LogP contribution in [0.2, 0.25) is 5.02 Å². The van der Waals surface area contributed by atoms with Gasteiger partial charge in [0.15, 0.2) is 11.5 Å². The zero-order valence-electron chi connectivity index (χ0n) is 9.31. The van der Waals surface area contributed by atoms with Gasteiger partial charge in [-0.3, -0.25) is 4.79 Å². The van der Waals surface area contributed by atoms with E-state index in [1.54, 1.807) is 18.2 Å². The second kappa shape index (κ2) is 4.75. The van der Waals surface area contributed by atoms with E-state index in [1.807, 2.05) is 6.92 Å². The maximum absolute atomic E-state index is 10.5. The van der Waals surface area contributed by atoms with Gasteiger partial charge in [-0.2, -0.15) is 0 Å². The molecule has 2 rings (SSSR count). The van der Waals surface area contributed by atoms with Crippen molar-refractivity contribution < 1.29 is 14.3 Å². The molecule has 90 valence electrons. The second-order valence-corrected chi connectivity index (χ2v) is 4.56. The minimum atomic E-state index is -0.809. The molecule has 1 unspecified atom stereocenters. The highest BCUT2D eigenvalue weighted by Crippen LogP contribution is 2.21. The highest BCUT2D eigenvalue weighted by Gasteiger charge is 2.13. The number of aliphatic carboxylic acids is 1. The molecule has 0 bridgehead atoms. The number of benzene rings is 1. The van der Waals surface area contributed by atoms with Gasteiger partial charge in [-0.05, 0) is 24.1 Å². The Bertz CT molecular complexity index is 550. The van der Waals surface area contributed by atoms with Gasteiger partial charge >= 0.3 is 5.97 Å². The predicted molar refractivity (Wildman–Crippen MR) is 64.1 cm³/mol. The monoisotopic (exact) mass is 253 g/mol. The fraction of sp³-hybridized carbons (Fsp3) is 0.333. The number of aromatic nitrogens is 1. The third-order valence-electron chi connectivity index (χ3n) is 2.44. The van der Waals surface area contributed by atoms with Crippen molar-refractivity contribution in [1.29, 1.82) is 0 Å². The summed E-state index contributed by atoms with van der Waals surface area (Å²) in [6, 6.07) is 5.22. The van der Waals surface area contributed by atoms with E-state index in [4.69, 9.17) is 21.1 Å². The lowest BCUT2D eigenvalue weighted by molar-refractivity contribution is -0.137. The first-order valence-electron chi connectivity index (χ1n) is 5.31. The van der Waals surface area contributed by atoms with Gasteiger partial charge in [0.05, 0.1) is 0 Å². The molecule has 0 saturated carbocycles. The van der Waals surface area contributed by atoms with Crippen LogP contribution >= 0.6 is 11.6 Å². The summed E-state index contributed by atoms with van der Waals surface area (Å²) in [6.07, 6.45) is 0.623. The third kappa shape index (κ3) is 2.97. The average molecular weight is 254 g/mol. The maximum atomic E-state index is 10.5. The van der Waals surface area contributed by atoms with E-state index in [1.165, 1.54) is 0 Å². The van der Waals surface area contributed by atoms with Gasteiger partial charge in [-0.25, -0.2) is 4.98 Å². The van der Waals surface area contributed by atoms with Crippen LogP contribution in [-0.2, 0) is 11.2 Å². The Morgan fingerprint density at radius 3 is 3.06 bits per heavy atom. The van der Waals surface area contributed by atoms with Gasteiger partial charge < -0.3 is 9.52 Å². The lowest BCUT2D eigenvalue weighted by Gasteiger charge is -2.03. The normalized spacial score (nSPS) is 12.8. The SMILES string of the molecule is CC(CC(=O)O)Cc1nc2cc(Cl)ccc2o1. The molecule has 2 aromatic rings. The molecule has 0 aliphatic rings. The van der Waals surface area contributed by atoms with Gasteiger partial charge in [-0.15, -0.1) is 0 Å². The van der Waals surface area contributed by atoms with E-state index in [0.29, 0.717) is 28.4 Å². The van der Waals surface area contributed by atoms with Gasteiger partial charge in [-0.1, -0.05) is 18.5 Å². The molecule has 1 heterocycles. The summed E-state index contributed by atoms with van der Waals surface area (Å²) in [5, 5.41) is 9.28. The van der Waals surface area contributed by atoms with Crippen molar-refractivity contribution in [3.8, 4) is 0 Å². The molecule has 0 fully saturated rings. The van der Waals surface area contributed by atoms with Crippen LogP contribution in [-0.4, -0.2) is 16.1 Å². The van der Waals surface area contributed by atoms with Gasteiger partial charge in [0.25, 0.3) is 0 Å². The summed E-state index contributed by atoms with van der Waals surface area (Å²) in [5.74, 6) is -0.260. The number of nitrogens with zero attached hydrogens (tertiary/aromatic N) is 1. The van der Waals surface area contributed by atoms with Crippen molar-refractivity contribution in [3.05, 3.63) is 29.1 Å². The summed E-state index contributed by atoms with van der Waals surface area (Å²) in [7, 11) is 0. The van der Waals surface area contributed by atoms with Crippen molar-refractivity contribution in [2.24, 2.45) is 5.92 Å². The number of hydrogen-bond donors (Lipinski definition) is 1. The Morgan fingerprint density at radius 2 is 2.35 bits per heavy atom. The van der Waals surface area contributed by atoms with Crippen LogP contribution in [0.3, 0.4) is 0 Å². The Balaban J connectivity index is 2.16. The molecular weight excluding hydrogens is 242 g/mol.